The van der Waals surface area contributed by atoms with Crippen LogP contribution in [-0.4, -0.2) is 39.5 Å². The molecule has 7 heteroatoms. The van der Waals surface area contributed by atoms with Gasteiger partial charge in [-0.05, 0) is 62.9 Å². The molecule has 0 saturated heterocycles. The predicted molar refractivity (Wildman–Crippen MR) is 138 cm³/mol. The lowest BCUT2D eigenvalue weighted by Crippen LogP contribution is -2.65. The van der Waals surface area contributed by atoms with E-state index in [-0.39, 0.29) is 24.4 Å². The maximum Gasteiger partial charge on any atom is 0.271 e. The second kappa shape index (κ2) is 9.88. The summed E-state index contributed by atoms with van der Waals surface area (Å²) in [4.78, 5) is 29.8. The Labute approximate surface area is 212 Å². The molecule has 0 radical (unpaired) electrons. The van der Waals surface area contributed by atoms with Gasteiger partial charge in [0.05, 0.1) is 31.7 Å². The first-order valence-corrected chi connectivity index (χ1v) is 13.0. The number of fused-ring (bicyclic) bond motifs is 1. The van der Waals surface area contributed by atoms with Gasteiger partial charge in [-0.2, -0.15) is 0 Å². The van der Waals surface area contributed by atoms with Crippen molar-refractivity contribution in [1.82, 2.24) is 14.8 Å². The molecular formula is C29H35N3O4. The monoisotopic (exact) mass is 489 g/mol. The number of ether oxygens (including phenoxy) is 1. The quantitative estimate of drug-likeness (QED) is 0.491. The van der Waals surface area contributed by atoms with Crippen LogP contribution in [0.2, 0.25) is 0 Å². The fraction of sp³-hybridized carbons (Fsp3) is 0.448. The fourth-order valence-electron chi connectivity index (χ4n) is 5.62. The van der Waals surface area contributed by atoms with E-state index in [1.54, 1.807) is 11.2 Å². The number of benzene rings is 1. The highest BCUT2D eigenvalue weighted by atomic mass is 16.5. The summed E-state index contributed by atoms with van der Waals surface area (Å²) in [6.45, 7) is 7.16. The number of furan rings is 1. The minimum absolute atomic E-state index is 0.117. The van der Waals surface area contributed by atoms with Crippen molar-refractivity contribution in [2.75, 3.05) is 6.61 Å². The number of hydrogen-bond acceptors (Lipinski definition) is 4. The average molecular weight is 490 g/mol. The second-order valence-corrected chi connectivity index (χ2v) is 10.2. The molecule has 2 aromatic heterocycles. The van der Waals surface area contributed by atoms with Crippen molar-refractivity contribution in [3.8, 4) is 17.2 Å². The molecule has 0 bridgehead atoms. The van der Waals surface area contributed by atoms with Crippen molar-refractivity contribution in [2.45, 2.75) is 71.1 Å². The van der Waals surface area contributed by atoms with Crippen molar-refractivity contribution >= 4 is 11.8 Å². The summed E-state index contributed by atoms with van der Waals surface area (Å²) in [5.74, 6) is 1.52. The van der Waals surface area contributed by atoms with Crippen LogP contribution in [0, 0.1) is 5.92 Å². The maximum atomic E-state index is 14.0. The Kier molecular flexibility index (Phi) is 6.65. The summed E-state index contributed by atoms with van der Waals surface area (Å²) >= 11 is 0. The molecule has 3 atom stereocenters. The summed E-state index contributed by atoms with van der Waals surface area (Å²) in [7, 11) is 0. The van der Waals surface area contributed by atoms with Crippen molar-refractivity contribution in [2.24, 2.45) is 5.92 Å². The molecule has 7 nitrogen and oxygen atoms in total. The van der Waals surface area contributed by atoms with Crippen LogP contribution in [0.3, 0.4) is 0 Å². The minimum Gasteiger partial charge on any atom is -0.494 e. The van der Waals surface area contributed by atoms with Gasteiger partial charge in [-0.1, -0.05) is 38.0 Å². The average Bonchev–Trinajstić information content (AvgIpc) is 3.54. The highest BCUT2D eigenvalue weighted by Crippen LogP contribution is 2.36. The second-order valence-electron chi connectivity index (χ2n) is 10.2. The Bertz CT molecular complexity index is 1230. The van der Waals surface area contributed by atoms with Crippen molar-refractivity contribution < 1.29 is 18.7 Å². The summed E-state index contributed by atoms with van der Waals surface area (Å²) in [5.41, 5.74) is 1.12. The van der Waals surface area contributed by atoms with E-state index < -0.39 is 5.54 Å². The third-order valence-corrected chi connectivity index (χ3v) is 7.80. The third kappa shape index (κ3) is 4.31. The SMILES string of the molecule is CCOc1ccccc1CN1C(=O)c2ccc(-c3ccco3)n2CC1(C)C(=O)NC1CCCCC1C. The number of para-hydroxylation sites is 1. The molecule has 1 aromatic carbocycles. The standard InChI is InChI=1S/C29H35N3O4/c1-4-35-25-13-8-6-11-21(25)18-32-27(33)24-16-15-23(26-14-9-17-36-26)31(24)19-29(32,3)28(34)30-22-12-7-5-10-20(22)2/h6,8-9,11,13-17,20,22H,4-5,7,10,12,18-19H2,1-3H3,(H,30,34). The summed E-state index contributed by atoms with van der Waals surface area (Å²) < 4.78 is 13.4. The molecular weight excluding hydrogens is 454 g/mol. The van der Waals surface area contributed by atoms with Crippen molar-refractivity contribution in [1.29, 1.82) is 0 Å². The predicted octanol–water partition coefficient (Wildman–Crippen LogP) is 5.26. The molecule has 0 spiro atoms. The Morgan fingerprint density at radius 2 is 1.89 bits per heavy atom. The molecule has 5 rings (SSSR count). The molecule has 1 aliphatic heterocycles. The van der Waals surface area contributed by atoms with E-state index in [0.717, 1.165) is 36.3 Å². The number of nitrogens with one attached hydrogen (secondary N) is 1. The zero-order chi connectivity index (χ0) is 25.3. The summed E-state index contributed by atoms with van der Waals surface area (Å²) in [6.07, 6.45) is 6.00. The van der Waals surface area contributed by atoms with E-state index in [0.29, 0.717) is 30.5 Å². The number of rotatable bonds is 7. The number of hydrogen-bond donors (Lipinski definition) is 1. The van der Waals surface area contributed by atoms with E-state index in [4.69, 9.17) is 9.15 Å². The van der Waals surface area contributed by atoms with Crippen LogP contribution in [0.1, 0.15) is 62.5 Å². The minimum atomic E-state index is -1.10. The number of carbonyl (C=O) groups excluding carboxylic acids is 2. The molecule has 3 heterocycles. The van der Waals surface area contributed by atoms with Crippen molar-refractivity contribution in [3.05, 3.63) is 66.1 Å². The molecule has 190 valence electrons. The first kappa shape index (κ1) is 24.2. The number of amides is 2. The van der Waals surface area contributed by atoms with Gasteiger partial charge < -0.3 is 23.9 Å². The summed E-state index contributed by atoms with van der Waals surface area (Å²) in [6, 6.07) is 15.3. The van der Waals surface area contributed by atoms with Crippen LogP contribution in [0.4, 0.5) is 0 Å². The Morgan fingerprint density at radius 1 is 1.11 bits per heavy atom. The molecule has 1 saturated carbocycles. The van der Waals surface area contributed by atoms with E-state index in [9.17, 15) is 9.59 Å². The van der Waals surface area contributed by atoms with Crippen molar-refractivity contribution in [3.63, 3.8) is 0 Å². The fourth-order valence-corrected chi connectivity index (χ4v) is 5.62. The lowest BCUT2D eigenvalue weighted by Gasteiger charge is -2.45. The molecule has 2 amide bonds. The van der Waals surface area contributed by atoms with E-state index in [1.165, 1.54) is 6.42 Å². The molecule has 1 aliphatic carbocycles. The highest BCUT2D eigenvalue weighted by Gasteiger charge is 2.48. The van der Waals surface area contributed by atoms with E-state index >= 15 is 0 Å². The van der Waals surface area contributed by atoms with Gasteiger partial charge in [0.25, 0.3) is 5.91 Å². The van der Waals surface area contributed by atoms with Gasteiger partial charge >= 0.3 is 0 Å². The Morgan fingerprint density at radius 3 is 2.64 bits per heavy atom. The van der Waals surface area contributed by atoms with Crippen LogP contribution in [-0.2, 0) is 17.9 Å². The van der Waals surface area contributed by atoms with Gasteiger partial charge in [-0.15, -0.1) is 0 Å². The molecule has 3 unspecified atom stereocenters. The Balaban J connectivity index is 1.54. The van der Waals surface area contributed by atoms with Gasteiger partial charge in [-0.25, -0.2) is 0 Å². The highest BCUT2D eigenvalue weighted by molar-refractivity contribution is 6.00. The first-order valence-electron chi connectivity index (χ1n) is 13.0. The van der Waals surface area contributed by atoms with Crippen LogP contribution in [0.15, 0.2) is 59.2 Å². The smallest absolute Gasteiger partial charge is 0.271 e. The number of carbonyl (C=O) groups is 2. The lowest BCUT2D eigenvalue weighted by atomic mass is 9.85. The maximum absolute atomic E-state index is 14.0. The Hall–Kier alpha value is -3.48. The van der Waals surface area contributed by atoms with Gasteiger partial charge in [0.1, 0.15) is 22.7 Å². The zero-order valence-electron chi connectivity index (χ0n) is 21.3. The van der Waals surface area contributed by atoms with Crippen LogP contribution in [0.25, 0.3) is 11.5 Å². The van der Waals surface area contributed by atoms with Gasteiger partial charge in [0, 0.05) is 11.6 Å². The van der Waals surface area contributed by atoms with Gasteiger partial charge in [0.2, 0.25) is 5.91 Å². The van der Waals surface area contributed by atoms with Crippen LogP contribution in [0.5, 0.6) is 5.75 Å². The van der Waals surface area contributed by atoms with Crippen LogP contribution < -0.4 is 10.1 Å². The molecule has 1 fully saturated rings. The molecule has 2 aliphatic rings. The largest absolute Gasteiger partial charge is 0.494 e. The number of aromatic nitrogens is 1. The molecule has 3 aromatic rings. The number of nitrogens with zero attached hydrogens (tertiary/aromatic N) is 2. The summed E-state index contributed by atoms with van der Waals surface area (Å²) in [5, 5.41) is 3.33. The molecule has 1 N–H and O–H groups in total. The topological polar surface area (TPSA) is 76.7 Å². The zero-order valence-corrected chi connectivity index (χ0v) is 21.3. The third-order valence-electron chi connectivity index (χ3n) is 7.80. The first-order chi connectivity index (χ1) is 17.4. The van der Waals surface area contributed by atoms with Gasteiger partial charge in [-0.3, -0.25) is 9.59 Å². The lowest BCUT2D eigenvalue weighted by molar-refractivity contribution is -0.134. The van der Waals surface area contributed by atoms with Gasteiger partial charge in [0.15, 0.2) is 0 Å². The van der Waals surface area contributed by atoms with E-state index in [1.807, 2.05) is 66.9 Å². The molecule has 36 heavy (non-hydrogen) atoms. The van der Waals surface area contributed by atoms with Crippen LogP contribution >= 0.6 is 0 Å². The van der Waals surface area contributed by atoms with E-state index in [2.05, 4.69) is 12.2 Å². The normalized spacial score (nSPS) is 23.9.